The molecule has 0 bridgehead atoms. The van der Waals surface area contributed by atoms with Crippen molar-refractivity contribution in [1.29, 1.82) is 0 Å². The SMILES string of the molecule is Cc1c(C(F)(F)F)nn(C)c1NC(=O)[C@H]1CC=CCC1. The van der Waals surface area contributed by atoms with Crippen molar-refractivity contribution in [2.45, 2.75) is 32.4 Å². The maximum atomic E-state index is 12.7. The summed E-state index contributed by atoms with van der Waals surface area (Å²) in [6.45, 7) is 1.31. The molecular formula is C13H16F3N3O. The number of aromatic nitrogens is 2. The second-order valence-electron chi connectivity index (χ2n) is 4.91. The van der Waals surface area contributed by atoms with Crippen LogP contribution in [0, 0.1) is 12.8 Å². The fourth-order valence-electron chi connectivity index (χ4n) is 2.32. The molecule has 0 radical (unpaired) electrons. The van der Waals surface area contributed by atoms with Gasteiger partial charge in [-0.2, -0.15) is 18.3 Å². The van der Waals surface area contributed by atoms with Gasteiger partial charge in [-0.05, 0) is 26.2 Å². The molecule has 1 aromatic rings. The molecule has 2 rings (SSSR count). The first-order valence-corrected chi connectivity index (χ1v) is 6.37. The van der Waals surface area contributed by atoms with Crippen LogP contribution in [0.1, 0.15) is 30.5 Å². The first kappa shape index (κ1) is 14.6. The van der Waals surface area contributed by atoms with Crippen LogP contribution in [0.25, 0.3) is 0 Å². The van der Waals surface area contributed by atoms with Gasteiger partial charge in [0.2, 0.25) is 5.91 Å². The van der Waals surface area contributed by atoms with Crippen LogP contribution in [0.4, 0.5) is 19.0 Å². The summed E-state index contributed by atoms with van der Waals surface area (Å²) in [6, 6.07) is 0. The minimum Gasteiger partial charge on any atom is -0.310 e. The van der Waals surface area contributed by atoms with Gasteiger partial charge in [-0.3, -0.25) is 9.48 Å². The number of halogens is 3. The van der Waals surface area contributed by atoms with E-state index in [-0.39, 0.29) is 23.2 Å². The van der Waals surface area contributed by atoms with E-state index in [1.165, 1.54) is 14.0 Å². The Morgan fingerprint density at radius 3 is 2.65 bits per heavy atom. The third-order valence-electron chi connectivity index (χ3n) is 3.43. The maximum Gasteiger partial charge on any atom is 0.435 e. The Morgan fingerprint density at radius 1 is 1.45 bits per heavy atom. The van der Waals surface area contributed by atoms with Crippen molar-refractivity contribution < 1.29 is 18.0 Å². The summed E-state index contributed by atoms with van der Waals surface area (Å²) in [7, 11) is 1.39. The van der Waals surface area contributed by atoms with Crippen LogP contribution >= 0.6 is 0 Å². The van der Waals surface area contributed by atoms with Crippen LogP contribution < -0.4 is 5.32 Å². The van der Waals surface area contributed by atoms with Crippen LogP contribution in [-0.4, -0.2) is 15.7 Å². The van der Waals surface area contributed by atoms with Crippen LogP contribution in [0.5, 0.6) is 0 Å². The largest absolute Gasteiger partial charge is 0.435 e. The number of carbonyl (C=O) groups is 1. The lowest BCUT2D eigenvalue weighted by Gasteiger charge is -2.17. The van der Waals surface area contributed by atoms with Crippen molar-refractivity contribution in [3.63, 3.8) is 0 Å². The Morgan fingerprint density at radius 2 is 2.15 bits per heavy atom. The normalized spacial score (nSPS) is 19.1. The molecule has 0 spiro atoms. The van der Waals surface area contributed by atoms with Gasteiger partial charge < -0.3 is 5.32 Å². The van der Waals surface area contributed by atoms with Crippen molar-refractivity contribution in [2.75, 3.05) is 5.32 Å². The van der Waals surface area contributed by atoms with E-state index in [9.17, 15) is 18.0 Å². The predicted octanol–water partition coefficient (Wildman–Crippen LogP) is 3.04. The minimum absolute atomic E-state index is 0.0558. The fraction of sp³-hybridized carbons (Fsp3) is 0.538. The molecule has 1 aliphatic carbocycles. The molecule has 1 atom stereocenters. The third kappa shape index (κ3) is 2.86. The van der Waals surface area contributed by atoms with E-state index in [1.54, 1.807) is 0 Å². The summed E-state index contributed by atoms with van der Waals surface area (Å²) < 4.78 is 39.3. The van der Waals surface area contributed by atoms with Gasteiger partial charge in [0.1, 0.15) is 5.82 Å². The Hall–Kier alpha value is -1.79. The second-order valence-corrected chi connectivity index (χ2v) is 4.91. The molecule has 4 nitrogen and oxygen atoms in total. The van der Waals surface area contributed by atoms with Crippen LogP contribution in [0.15, 0.2) is 12.2 Å². The predicted molar refractivity (Wildman–Crippen MR) is 68.1 cm³/mol. The van der Waals surface area contributed by atoms with Gasteiger partial charge in [0, 0.05) is 18.5 Å². The van der Waals surface area contributed by atoms with E-state index in [4.69, 9.17) is 0 Å². The number of rotatable bonds is 2. The molecule has 1 aromatic heterocycles. The van der Waals surface area contributed by atoms with E-state index in [1.807, 2.05) is 12.2 Å². The van der Waals surface area contributed by atoms with Crippen LogP contribution in [0.2, 0.25) is 0 Å². The lowest BCUT2D eigenvalue weighted by atomic mass is 9.93. The summed E-state index contributed by atoms with van der Waals surface area (Å²) in [6.07, 6.45) is 1.56. The Bertz CT molecular complexity index is 546. The van der Waals surface area contributed by atoms with Gasteiger partial charge in [0.25, 0.3) is 0 Å². The van der Waals surface area contributed by atoms with Gasteiger partial charge in [0.05, 0.1) is 0 Å². The van der Waals surface area contributed by atoms with Gasteiger partial charge in [0.15, 0.2) is 5.69 Å². The van der Waals surface area contributed by atoms with Gasteiger partial charge in [-0.1, -0.05) is 12.2 Å². The quantitative estimate of drug-likeness (QED) is 0.850. The number of nitrogens with one attached hydrogen (secondary N) is 1. The first-order valence-electron chi connectivity index (χ1n) is 6.37. The molecule has 0 aromatic carbocycles. The molecule has 7 heteroatoms. The van der Waals surface area contributed by atoms with Crippen LogP contribution in [-0.2, 0) is 18.0 Å². The van der Waals surface area contributed by atoms with Gasteiger partial charge >= 0.3 is 6.18 Å². The van der Waals surface area contributed by atoms with E-state index >= 15 is 0 Å². The lowest BCUT2D eigenvalue weighted by Crippen LogP contribution is -2.25. The van der Waals surface area contributed by atoms with Crippen LogP contribution in [0.3, 0.4) is 0 Å². The van der Waals surface area contributed by atoms with E-state index in [0.717, 1.165) is 11.1 Å². The highest BCUT2D eigenvalue weighted by atomic mass is 19.4. The number of carbonyl (C=O) groups excluding carboxylic acids is 1. The second kappa shape index (κ2) is 5.30. The highest BCUT2D eigenvalue weighted by Gasteiger charge is 2.37. The number of hydrogen-bond acceptors (Lipinski definition) is 2. The van der Waals surface area contributed by atoms with Crippen molar-refractivity contribution in [3.05, 3.63) is 23.4 Å². The molecule has 0 aliphatic heterocycles. The highest BCUT2D eigenvalue weighted by Crippen LogP contribution is 2.34. The molecular weight excluding hydrogens is 271 g/mol. The molecule has 1 amide bonds. The molecule has 20 heavy (non-hydrogen) atoms. The number of aryl methyl sites for hydroxylation is 1. The molecule has 1 N–H and O–H groups in total. The monoisotopic (exact) mass is 287 g/mol. The number of hydrogen-bond donors (Lipinski definition) is 1. The lowest BCUT2D eigenvalue weighted by molar-refractivity contribution is -0.141. The zero-order valence-corrected chi connectivity index (χ0v) is 11.3. The fourth-order valence-corrected chi connectivity index (χ4v) is 2.32. The van der Waals surface area contributed by atoms with E-state index in [0.29, 0.717) is 12.8 Å². The average Bonchev–Trinajstić information content (AvgIpc) is 2.67. The maximum absolute atomic E-state index is 12.7. The molecule has 110 valence electrons. The Kier molecular flexibility index (Phi) is 3.87. The molecule has 0 fully saturated rings. The van der Waals surface area contributed by atoms with Gasteiger partial charge in [-0.25, -0.2) is 0 Å². The summed E-state index contributed by atoms with van der Waals surface area (Å²) in [5, 5.41) is 6.01. The molecule has 0 unspecified atom stereocenters. The van der Waals surface area contributed by atoms with Crippen molar-refractivity contribution in [1.82, 2.24) is 9.78 Å². The zero-order chi connectivity index (χ0) is 14.9. The molecule has 1 aliphatic rings. The summed E-state index contributed by atoms with van der Waals surface area (Å²) in [5.74, 6) is -0.338. The summed E-state index contributed by atoms with van der Waals surface area (Å²) in [5.41, 5.74) is -1.02. The zero-order valence-electron chi connectivity index (χ0n) is 11.3. The van der Waals surface area contributed by atoms with Gasteiger partial charge in [-0.15, -0.1) is 0 Å². The number of allylic oxidation sites excluding steroid dienone is 2. The highest BCUT2D eigenvalue weighted by molar-refractivity contribution is 5.92. The average molecular weight is 287 g/mol. The van der Waals surface area contributed by atoms with E-state index in [2.05, 4.69) is 10.4 Å². The number of alkyl halides is 3. The van der Waals surface area contributed by atoms with E-state index < -0.39 is 11.9 Å². The standard InChI is InChI=1S/C13H16F3N3O/c1-8-10(13(14,15)16)18-19(2)11(8)17-12(20)9-6-4-3-5-7-9/h3-4,9H,5-7H2,1-2H3,(H,17,20)/t9-/m0/s1. The summed E-state index contributed by atoms with van der Waals surface area (Å²) >= 11 is 0. The summed E-state index contributed by atoms with van der Waals surface area (Å²) in [4.78, 5) is 12.1. The first-order chi connectivity index (χ1) is 9.30. The minimum atomic E-state index is -4.52. The topological polar surface area (TPSA) is 46.9 Å². The molecule has 0 saturated heterocycles. The van der Waals surface area contributed by atoms with Crippen molar-refractivity contribution in [2.24, 2.45) is 13.0 Å². The Labute approximate surface area is 114 Å². The number of anilines is 1. The van der Waals surface area contributed by atoms with Crippen molar-refractivity contribution >= 4 is 11.7 Å². The molecule has 0 saturated carbocycles. The number of amides is 1. The smallest absolute Gasteiger partial charge is 0.310 e. The van der Waals surface area contributed by atoms with Crippen molar-refractivity contribution in [3.8, 4) is 0 Å². The third-order valence-corrected chi connectivity index (χ3v) is 3.43. The molecule has 1 heterocycles. The Balaban J connectivity index is 2.19. The number of nitrogens with zero attached hydrogens (tertiary/aromatic N) is 2.